The molecule has 0 aliphatic rings. The number of ketones is 1. The van der Waals surface area contributed by atoms with Gasteiger partial charge in [-0.2, -0.15) is 4.98 Å². The highest BCUT2D eigenvalue weighted by molar-refractivity contribution is 6.12. The smallest absolute Gasteiger partial charge is 0.249 e. The van der Waals surface area contributed by atoms with E-state index in [1.165, 1.54) is 18.3 Å². The topological polar surface area (TPSA) is 94.7 Å². The second-order valence-electron chi connectivity index (χ2n) is 8.66. The van der Waals surface area contributed by atoms with Crippen LogP contribution in [0.5, 0.6) is 0 Å². The third-order valence-electron chi connectivity index (χ3n) is 5.80. The molecule has 0 bridgehead atoms. The molecule has 2 heterocycles. The van der Waals surface area contributed by atoms with Gasteiger partial charge in [0, 0.05) is 30.6 Å². The fraction of sp³-hybridized carbons (Fsp3) is 0.192. The van der Waals surface area contributed by atoms with Gasteiger partial charge in [0.1, 0.15) is 5.82 Å². The molecule has 0 saturated carbocycles. The number of rotatable bonds is 8. The van der Waals surface area contributed by atoms with Crippen LogP contribution in [0.2, 0.25) is 0 Å². The van der Waals surface area contributed by atoms with Gasteiger partial charge in [0.15, 0.2) is 11.6 Å². The van der Waals surface area contributed by atoms with Gasteiger partial charge >= 0.3 is 0 Å². The first-order valence-corrected chi connectivity index (χ1v) is 10.9. The highest BCUT2D eigenvalue weighted by Gasteiger charge is 2.37. The van der Waals surface area contributed by atoms with E-state index in [1.807, 2.05) is 30.3 Å². The van der Waals surface area contributed by atoms with Gasteiger partial charge in [0.05, 0.1) is 12.0 Å². The number of imidazole rings is 1. The fourth-order valence-electron chi connectivity index (χ4n) is 3.47. The lowest BCUT2D eigenvalue weighted by molar-refractivity contribution is -0.122. The number of hydrogen-bond donors (Lipinski definition) is 1. The van der Waals surface area contributed by atoms with Crippen molar-refractivity contribution in [3.05, 3.63) is 96.3 Å². The molecule has 1 N–H and O–H groups in total. The van der Waals surface area contributed by atoms with Gasteiger partial charge in [0.2, 0.25) is 17.6 Å². The number of benzene rings is 2. The predicted octanol–water partition coefficient (Wildman–Crippen LogP) is 4.27. The van der Waals surface area contributed by atoms with Crippen molar-refractivity contribution in [2.75, 3.05) is 5.32 Å². The normalized spacial score (nSPS) is 11.3. The quantitative estimate of drug-likeness (QED) is 0.305. The number of anilines is 1. The number of nitrogens with one attached hydrogen (secondary N) is 1. The first-order valence-electron chi connectivity index (χ1n) is 10.9. The predicted molar refractivity (Wildman–Crippen MR) is 130 cm³/mol. The fourth-order valence-corrected chi connectivity index (χ4v) is 3.47. The van der Waals surface area contributed by atoms with E-state index in [-0.39, 0.29) is 23.2 Å². The zero-order chi connectivity index (χ0) is 25.2. The van der Waals surface area contributed by atoms with Crippen molar-refractivity contribution in [1.29, 1.82) is 0 Å². The largest absolute Gasteiger partial charge is 0.331 e. The molecule has 0 aliphatic heterocycles. The van der Waals surface area contributed by atoms with Crippen LogP contribution in [0.25, 0.3) is 11.4 Å². The van der Waals surface area contributed by atoms with Gasteiger partial charge in [-0.05, 0) is 43.7 Å². The average molecular weight is 473 g/mol. The van der Waals surface area contributed by atoms with Crippen LogP contribution in [0.4, 0.5) is 10.3 Å². The Labute approximate surface area is 202 Å². The number of amides is 1. The molecule has 9 heteroatoms. The van der Waals surface area contributed by atoms with Crippen LogP contribution in [0, 0.1) is 11.2 Å². The van der Waals surface area contributed by atoms with E-state index in [2.05, 4.69) is 27.0 Å². The molecule has 4 aromatic rings. The third-order valence-corrected chi connectivity index (χ3v) is 5.80. The van der Waals surface area contributed by atoms with Crippen LogP contribution in [0.1, 0.15) is 30.0 Å². The van der Waals surface area contributed by atoms with Gasteiger partial charge in [-0.25, -0.2) is 14.1 Å². The zero-order valence-corrected chi connectivity index (χ0v) is 19.7. The second kappa shape index (κ2) is 9.46. The first-order chi connectivity index (χ1) is 16.7. The third kappa shape index (κ3) is 4.93. The van der Waals surface area contributed by atoms with Gasteiger partial charge in [-0.15, -0.1) is 5.10 Å². The summed E-state index contributed by atoms with van der Waals surface area (Å²) in [7, 11) is 1.70. The summed E-state index contributed by atoms with van der Waals surface area (Å²) < 4.78 is 16.7. The van der Waals surface area contributed by atoms with Crippen molar-refractivity contribution in [1.82, 2.24) is 24.3 Å². The number of Topliss-reactive ketones (excluding diaryl/α,β-unsaturated/α-hetero) is 1. The Bertz CT molecular complexity index is 1390. The highest BCUT2D eigenvalue weighted by atomic mass is 19.1. The van der Waals surface area contributed by atoms with Crippen LogP contribution in [-0.2, 0) is 18.4 Å². The number of aryl methyl sites for hydroxylation is 1. The van der Waals surface area contributed by atoms with Gasteiger partial charge in [-0.3, -0.25) is 14.9 Å². The van der Waals surface area contributed by atoms with Crippen LogP contribution >= 0.6 is 0 Å². The van der Waals surface area contributed by atoms with Gasteiger partial charge < -0.3 is 4.57 Å². The molecule has 2 aromatic heterocycles. The Kier molecular flexibility index (Phi) is 6.42. The molecule has 0 radical (unpaired) electrons. The van der Waals surface area contributed by atoms with Crippen molar-refractivity contribution in [2.24, 2.45) is 12.5 Å². The lowest BCUT2D eigenvalue weighted by Gasteiger charge is -2.24. The number of hydrogen-bond acceptors (Lipinski definition) is 5. The number of carbonyl (C=O) groups excluding carboxylic acids is 2. The van der Waals surface area contributed by atoms with Crippen molar-refractivity contribution < 1.29 is 14.0 Å². The van der Waals surface area contributed by atoms with E-state index in [0.717, 1.165) is 5.56 Å². The maximum Gasteiger partial charge on any atom is 0.249 e. The van der Waals surface area contributed by atoms with Crippen LogP contribution in [0.15, 0.2) is 79.1 Å². The Hall–Kier alpha value is -4.40. The van der Waals surface area contributed by atoms with E-state index in [4.69, 9.17) is 0 Å². The molecular formula is C26H25FN6O2. The Morgan fingerprint density at radius 1 is 1.09 bits per heavy atom. The molecule has 178 valence electrons. The summed E-state index contributed by atoms with van der Waals surface area (Å²) in [5, 5.41) is 7.18. The van der Waals surface area contributed by atoms with Crippen molar-refractivity contribution in [2.45, 2.75) is 20.4 Å². The monoisotopic (exact) mass is 472 g/mol. The molecule has 2 aromatic carbocycles. The zero-order valence-electron chi connectivity index (χ0n) is 19.7. The second-order valence-corrected chi connectivity index (χ2v) is 8.66. The van der Waals surface area contributed by atoms with E-state index in [0.29, 0.717) is 17.9 Å². The first kappa shape index (κ1) is 23.7. The van der Waals surface area contributed by atoms with Crippen molar-refractivity contribution in [3.63, 3.8) is 0 Å². The summed E-state index contributed by atoms with van der Waals surface area (Å²) in [6.07, 6.45) is 3.15. The minimum Gasteiger partial charge on any atom is -0.331 e. The summed E-state index contributed by atoms with van der Waals surface area (Å²) in [6.45, 7) is 7.48. The maximum absolute atomic E-state index is 13.5. The number of halogens is 1. The van der Waals surface area contributed by atoms with E-state index < -0.39 is 17.1 Å². The summed E-state index contributed by atoms with van der Waals surface area (Å²) in [6, 6.07) is 15.5. The summed E-state index contributed by atoms with van der Waals surface area (Å²) in [5.41, 5.74) is 0.452. The molecule has 1 amide bonds. The molecule has 8 nitrogen and oxygen atoms in total. The summed E-state index contributed by atoms with van der Waals surface area (Å²) in [4.78, 5) is 34.6. The molecular weight excluding hydrogens is 447 g/mol. The SMILES string of the molecule is C=C(C(=O)c1nccn1C)C(C)(C)C(=O)Nc1nc(-c2ccc(F)cc2)n(Cc2ccccc2)n1. The summed E-state index contributed by atoms with van der Waals surface area (Å²) >= 11 is 0. The highest BCUT2D eigenvalue weighted by Crippen LogP contribution is 2.29. The van der Waals surface area contributed by atoms with Gasteiger partial charge in [0.25, 0.3) is 0 Å². The van der Waals surface area contributed by atoms with Crippen LogP contribution < -0.4 is 5.32 Å². The molecule has 0 saturated heterocycles. The van der Waals surface area contributed by atoms with E-state index >= 15 is 0 Å². The lowest BCUT2D eigenvalue weighted by Crippen LogP contribution is -2.35. The maximum atomic E-state index is 13.5. The number of nitrogens with zero attached hydrogens (tertiary/aromatic N) is 5. The molecule has 0 spiro atoms. The van der Waals surface area contributed by atoms with E-state index in [1.54, 1.807) is 48.5 Å². The number of carbonyl (C=O) groups is 2. The molecule has 4 rings (SSSR count). The van der Waals surface area contributed by atoms with Gasteiger partial charge in [-0.1, -0.05) is 36.9 Å². The standard InChI is InChI=1S/C26H25FN6O2/c1-17(21(34)23-28-14-15-32(23)4)26(2,3)24(35)30-25-29-22(19-10-12-20(27)13-11-19)33(31-25)16-18-8-6-5-7-9-18/h5-15H,1,16H2,2-4H3,(H,30,31,35). The lowest BCUT2D eigenvalue weighted by atomic mass is 9.81. The van der Waals surface area contributed by atoms with Crippen LogP contribution in [0.3, 0.4) is 0 Å². The average Bonchev–Trinajstić information content (AvgIpc) is 3.45. The summed E-state index contributed by atoms with van der Waals surface area (Å²) in [5.74, 6) is -0.561. The number of aromatic nitrogens is 5. The Morgan fingerprint density at radius 3 is 2.40 bits per heavy atom. The molecule has 0 atom stereocenters. The van der Waals surface area contributed by atoms with E-state index in [9.17, 15) is 14.0 Å². The van der Waals surface area contributed by atoms with Crippen LogP contribution in [-0.4, -0.2) is 36.0 Å². The molecule has 0 aliphatic carbocycles. The van der Waals surface area contributed by atoms with Crippen molar-refractivity contribution in [3.8, 4) is 11.4 Å². The Morgan fingerprint density at radius 2 is 1.77 bits per heavy atom. The minimum atomic E-state index is -1.26. The molecule has 0 fully saturated rings. The van der Waals surface area contributed by atoms with Crippen molar-refractivity contribution >= 4 is 17.6 Å². The molecule has 35 heavy (non-hydrogen) atoms. The molecule has 0 unspecified atom stereocenters. The minimum absolute atomic E-state index is 0.0653. The Balaban J connectivity index is 1.61.